The van der Waals surface area contributed by atoms with Crippen molar-refractivity contribution in [2.45, 2.75) is 96.5 Å². The van der Waals surface area contributed by atoms with E-state index < -0.39 is 47.6 Å². The lowest BCUT2D eigenvalue weighted by Gasteiger charge is -2.56. The Morgan fingerprint density at radius 3 is 2.58 bits per heavy atom. The van der Waals surface area contributed by atoms with Gasteiger partial charge in [0, 0.05) is 70.8 Å². The van der Waals surface area contributed by atoms with E-state index in [4.69, 9.17) is 30.9 Å². The van der Waals surface area contributed by atoms with Gasteiger partial charge in [-0.05, 0) is 63.0 Å². The Balaban J connectivity index is 1.10. The number of hydrogen-bond donors (Lipinski definition) is 3. The number of carbonyl (C=O) groups excluding carboxylic acids is 2. The van der Waals surface area contributed by atoms with Gasteiger partial charge >= 0.3 is 11.9 Å². The van der Waals surface area contributed by atoms with Crippen molar-refractivity contribution in [3.63, 3.8) is 0 Å². The molecule has 4 heterocycles. The van der Waals surface area contributed by atoms with Gasteiger partial charge in [0.15, 0.2) is 18.4 Å². The Morgan fingerprint density at radius 1 is 1.13 bits per heavy atom. The molecule has 3 fully saturated rings. The van der Waals surface area contributed by atoms with Crippen LogP contribution in [0.25, 0.3) is 0 Å². The van der Waals surface area contributed by atoms with Gasteiger partial charge in [0.05, 0.1) is 22.1 Å². The number of aryl methyl sites for hydroxylation is 2. The Hall–Kier alpha value is -3.33. The number of esters is 2. The summed E-state index contributed by atoms with van der Waals surface area (Å²) >= 11 is 6.48. The third kappa shape index (κ3) is 6.71. The lowest BCUT2D eigenvalue weighted by Crippen LogP contribution is -2.66. The van der Waals surface area contributed by atoms with Crippen LogP contribution in [0.2, 0.25) is 5.02 Å². The number of nitrogens with one attached hydrogen (secondary N) is 1. The molecule has 1 aromatic heterocycles. The summed E-state index contributed by atoms with van der Waals surface area (Å²) in [4.78, 5) is 46.7. The lowest BCUT2D eigenvalue weighted by atomic mass is 9.55. The van der Waals surface area contributed by atoms with Crippen LogP contribution in [0, 0.1) is 37.5 Å². The van der Waals surface area contributed by atoms with Gasteiger partial charge in [-0.2, -0.15) is 0 Å². The average Bonchev–Trinajstić information content (AvgIpc) is 3.46. The van der Waals surface area contributed by atoms with Crippen molar-refractivity contribution in [3.8, 4) is 0 Å². The van der Waals surface area contributed by atoms with Crippen molar-refractivity contribution in [1.82, 2.24) is 20.2 Å². The lowest BCUT2D eigenvalue weighted by molar-refractivity contribution is -0.225. The summed E-state index contributed by atoms with van der Waals surface area (Å²) in [7, 11) is 1.69. The maximum Gasteiger partial charge on any atom is 0.323 e. The van der Waals surface area contributed by atoms with Gasteiger partial charge in [0.1, 0.15) is 23.1 Å². The van der Waals surface area contributed by atoms with E-state index in [0.29, 0.717) is 16.3 Å². The summed E-state index contributed by atoms with van der Waals surface area (Å²) in [6.07, 6.45) is 2.36. The van der Waals surface area contributed by atoms with Crippen LogP contribution in [0.3, 0.4) is 0 Å². The average molecular weight is 753 g/mol. The topological polar surface area (TPSA) is 150 Å². The number of carbonyl (C=O) groups is 2. The molecule has 0 bridgehead atoms. The fourth-order valence-corrected chi connectivity index (χ4v) is 9.96. The summed E-state index contributed by atoms with van der Waals surface area (Å²) in [5, 5.41) is 29.9. The molecule has 1 aromatic carbocycles. The van der Waals surface area contributed by atoms with Crippen molar-refractivity contribution < 1.29 is 34.1 Å². The standard InChI is InChI=1S/C39H53ClN6O7/c1-21-17-29-27(22(2)20-45-13-15-46(16-14-45)35-25(5)41-19-24(4)42-35)12-11-23(3)39(29,50)34(33(21)51-26(6)47)52-36(48)31-18-38(49)28-9-8-10-30(40)32(28)44(7)53-37(38)43-31/h8-10,17,19,22-23,27,29,31,33-34,37,43,49-50H,11-16,18,20H2,1-7H3/t22?,23-,27+,29-,31+,33-,34+,37-,38-,39-/m1/s1. The third-order valence-electron chi connectivity index (χ3n) is 12.5. The highest BCUT2D eigenvalue weighted by molar-refractivity contribution is 6.33. The van der Waals surface area contributed by atoms with Crippen LogP contribution in [-0.4, -0.2) is 107 Å². The first-order valence-corrected chi connectivity index (χ1v) is 19.2. The van der Waals surface area contributed by atoms with E-state index in [2.05, 4.69) is 33.1 Å². The third-order valence-corrected chi connectivity index (χ3v) is 12.8. The molecule has 0 amide bonds. The first-order valence-electron chi connectivity index (χ1n) is 18.9. The normalized spacial score (nSPS) is 34.8. The molecule has 0 radical (unpaired) electrons. The molecule has 288 valence electrons. The summed E-state index contributed by atoms with van der Waals surface area (Å²) in [5.41, 5.74) is 0.570. The molecule has 5 aliphatic rings. The Kier molecular flexibility index (Phi) is 10.3. The Bertz CT molecular complexity index is 1770. The van der Waals surface area contributed by atoms with Crippen LogP contribution in [0.1, 0.15) is 63.9 Å². The van der Waals surface area contributed by atoms with Crippen LogP contribution in [0.15, 0.2) is 36.0 Å². The SMILES string of the molecule is CC(=O)O[C@@H]1C(C)=C[C@@H]2[C@H](C(C)CN3CCN(c4nc(C)cnc4C)CC3)CC[C@@H](C)[C@]2(O)[C@H]1OC(=O)[C@@H]1C[C@@]2(O)c3cccc(Cl)c3N(C)O[C@H]2N1. The van der Waals surface area contributed by atoms with Crippen molar-refractivity contribution in [2.24, 2.45) is 23.7 Å². The molecule has 0 spiro atoms. The molecule has 2 saturated heterocycles. The van der Waals surface area contributed by atoms with E-state index in [-0.39, 0.29) is 30.1 Å². The summed E-state index contributed by atoms with van der Waals surface area (Å²) < 4.78 is 12.2. The quantitative estimate of drug-likeness (QED) is 0.279. The van der Waals surface area contributed by atoms with Gasteiger partial charge < -0.3 is 24.6 Å². The number of para-hydroxylation sites is 1. The molecule has 2 aromatic rings. The fourth-order valence-electron chi connectivity index (χ4n) is 9.67. The second-order valence-electron chi connectivity index (χ2n) is 16.0. The van der Waals surface area contributed by atoms with Crippen molar-refractivity contribution in [2.75, 3.05) is 49.7 Å². The summed E-state index contributed by atoms with van der Waals surface area (Å²) in [6.45, 7) is 15.7. The predicted molar refractivity (Wildman–Crippen MR) is 199 cm³/mol. The molecule has 53 heavy (non-hydrogen) atoms. The number of aromatic nitrogens is 2. The summed E-state index contributed by atoms with van der Waals surface area (Å²) in [5.74, 6) is -0.544. The van der Waals surface area contributed by atoms with Crippen LogP contribution in [0.4, 0.5) is 11.5 Å². The second kappa shape index (κ2) is 14.4. The van der Waals surface area contributed by atoms with Crippen molar-refractivity contribution in [3.05, 3.63) is 58.0 Å². The highest BCUT2D eigenvalue weighted by Gasteiger charge is 2.62. The maximum atomic E-state index is 14.2. The van der Waals surface area contributed by atoms with E-state index in [1.54, 1.807) is 31.4 Å². The number of benzene rings is 1. The van der Waals surface area contributed by atoms with Gasteiger partial charge in [-0.15, -0.1) is 0 Å². The fraction of sp³-hybridized carbons (Fsp3) is 0.641. The molecule has 3 aliphatic heterocycles. The first-order chi connectivity index (χ1) is 25.1. The van der Waals surface area contributed by atoms with E-state index >= 15 is 0 Å². The molecule has 13 nitrogen and oxygen atoms in total. The number of hydrogen-bond acceptors (Lipinski definition) is 13. The number of piperazine rings is 1. The van der Waals surface area contributed by atoms with Gasteiger partial charge in [-0.1, -0.05) is 43.7 Å². The number of ether oxygens (including phenoxy) is 2. The van der Waals surface area contributed by atoms with E-state index in [9.17, 15) is 19.8 Å². The van der Waals surface area contributed by atoms with Crippen molar-refractivity contribution >= 4 is 35.0 Å². The van der Waals surface area contributed by atoms with E-state index in [1.165, 1.54) is 12.0 Å². The summed E-state index contributed by atoms with van der Waals surface area (Å²) in [6, 6.07) is 4.26. The van der Waals surface area contributed by atoms with E-state index in [1.807, 2.05) is 27.7 Å². The van der Waals surface area contributed by atoms with Gasteiger partial charge in [-0.25, -0.2) is 4.98 Å². The monoisotopic (exact) mass is 752 g/mol. The minimum absolute atomic E-state index is 0.0438. The molecule has 1 unspecified atom stereocenters. The van der Waals surface area contributed by atoms with Crippen LogP contribution < -0.4 is 15.3 Å². The number of rotatable bonds is 7. The molecule has 2 aliphatic carbocycles. The largest absolute Gasteiger partial charge is 0.454 e. The molecule has 3 N–H and O–H groups in total. The predicted octanol–water partition coefficient (Wildman–Crippen LogP) is 3.66. The zero-order chi connectivity index (χ0) is 38.0. The van der Waals surface area contributed by atoms with Gasteiger partial charge in [0.2, 0.25) is 0 Å². The number of aliphatic hydroxyl groups is 2. The second-order valence-corrected chi connectivity index (χ2v) is 16.4. The minimum atomic E-state index is -1.57. The number of anilines is 2. The van der Waals surface area contributed by atoms with Crippen LogP contribution in [0.5, 0.6) is 0 Å². The molecular weight excluding hydrogens is 700 g/mol. The number of fused-ring (bicyclic) bond motifs is 4. The van der Waals surface area contributed by atoms with E-state index in [0.717, 1.165) is 68.3 Å². The Morgan fingerprint density at radius 2 is 1.87 bits per heavy atom. The first kappa shape index (κ1) is 38.0. The van der Waals surface area contributed by atoms with Crippen molar-refractivity contribution in [1.29, 1.82) is 0 Å². The molecule has 7 rings (SSSR count). The minimum Gasteiger partial charge on any atom is -0.454 e. The number of nitrogens with zero attached hydrogens (tertiary/aromatic N) is 5. The zero-order valence-electron chi connectivity index (χ0n) is 31.7. The number of halogens is 1. The highest BCUT2D eigenvalue weighted by atomic mass is 35.5. The van der Waals surface area contributed by atoms with Gasteiger partial charge in [0.25, 0.3) is 0 Å². The highest BCUT2D eigenvalue weighted by Crippen LogP contribution is 2.53. The smallest absolute Gasteiger partial charge is 0.323 e. The molecular formula is C39H53ClN6O7. The van der Waals surface area contributed by atoms with Gasteiger partial charge in [-0.3, -0.25) is 34.7 Å². The number of hydroxylamine groups is 1. The van der Waals surface area contributed by atoms with Crippen LogP contribution in [-0.2, 0) is 29.5 Å². The van der Waals surface area contributed by atoms with Crippen LogP contribution >= 0.6 is 11.6 Å². The molecule has 14 heteroatoms. The molecule has 10 atom stereocenters. The maximum absolute atomic E-state index is 14.2. The Labute approximate surface area is 316 Å². The zero-order valence-corrected chi connectivity index (χ0v) is 32.5. The molecule has 1 saturated carbocycles.